The molecule has 1 heterocycles. The van der Waals surface area contributed by atoms with Crippen molar-refractivity contribution in [3.63, 3.8) is 0 Å². The standard InChI is InChI=1S/C8H13NO3S/c1-2-12-5-3-4-6-7(10)9-8(11)13-6/h6H,2-5H2,1H3,(H,9,10,11). The molecule has 4 nitrogen and oxygen atoms in total. The first kappa shape index (κ1) is 10.5. The van der Waals surface area contributed by atoms with E-state index in [-0.39, 0.29) is 16.4 Å². The Balaban J connectivity index is 2.14. The van der Waals surface area contributed by atoms with Gasteiger partial charge in [0, 0.05) is 13.2 Å². The van der Waals surface area contributed by atoms with Gasteiger partial charge in [0.1, 0.15) is 0 Å². The van der Waals surface area contributed by atoms with Crippen molar-refractivity contribution < 1.29 is 14.3 Å². The maximum absolute atomic E-state index is 11.1. The number of rotatable bonds is 5. The van der Waals surface area contributed by atoms with Crippen LogP contribution in [0.25, 0.3) is 0 Å². The summed E-state index contributed by atoms with van der Waals surface area (Å²) in [6.07, 6.45) is 1.54. The quantitative estimate of drug-likeness (QED) is 0.681. The van der Waals surface area contributed by atoms with Crippen LogP contribution in [-0.2, 0) is 9.53 Å². The topological polar surface area (TPSA) is 55.4 Å². The SMILES string of the molecule is CCOCCCC1SC(=O)NC1=O. The minimum atomic E-state index is -0.230. The maximum Gasteiger partial charge on any atom is 0.286 e. The molecular formula is C8H13NO3S. The molecule has 1 saturated heterocycles. The molecule has 0 spiro atoms. The van der Waals surface area contributed by atoms with Crippen LogP contribution >= 0.6 is 11.8 Å². The van der Waals surface area contributed by atoms with Gasteiger partial charge in [-0.3, -0.25) is 14.9 Å². The highest BCUT2D eigenvalue weighted by molar-refractivity contribution is 8.15. The van der Waals surface area contributed by atoms with E-state index in [0.717, 1.165) is 18.2 Å². The maximum atomic E-state index is 11.1. The van der Waals surface area contributed by atoms with E-state index in [9.17, 15) is 9.59 Å². The van der Waals surface area contributed by atoms with E-state index in [1.807, 2.05) is 6.92 Å². The first-order valence-electron chi connectivity index (χ1n) is 4.33. The lowest BCUT2D eigenvalue weighted by Gasteiger charge is -2.04. The number of carbonyl (C=O) groups excluding carboxylic acids is 2. The van der Waals surface area contributed by atoms with Crippen molar-refractivity contribution in [2.45, 2.75) is 25.0 Å². The summed E-state index contributed by atoms with van der Waals surface area (Å²) in [7, 11) is 0. The zero-order valence-corrected chi connectivity index (χ0v) is 8.36. The third kappa shape index (κ3) is 3.36. The highest BCUT2D eigenvalue weighted by Gasteiger charge is 2.30. The van der Waals surface area contributed by atoms with Gasteiger partial charge in [-0.25, -0.2) is 0 Å². The molecule has 13 heavy (non-hydrogen) atoms. The van der Waals surface area contributed by atoms with Gasteiger partial charge in [0.15, 0.2) is 0 Å². The van der Waals surface area contributed by atoms with E-state index in [2.05, 4.69) is 5.32 Å². The Hall–Kier alpha value is -0.550. The van der Waals surface area contributed by atoms with Crippen LogP contribution in [0.2, 0.25) is 0 Å². The molecular weight excluding hydrogens is 190 g/mol. The summed E-state index contributed by atoms with van der Waals surface area (Å²) in [4.78, 5) is 21.8. The van der Waals surface area contributed by atoms with Crippen LogP contribution in [0.15, 0.2) is 0 Å². The predicted molar refractivity (Wildman–Crippen MR) is 50.6 cm³/mol. The number of thioether (sulfide) groups is 1. The molecule has 0 radical (unpaired) electrons. The molecule has 1 aliphatic heterocycles. The molecule has 0 aliphatic carbocycles. The minimum absolute atomic E-state index is 0.161. The van der Waals surface area contributed by atoms with E-state index in [0.29, 0.717) is 19.6 Å². The molecule has 1 N–H and O–H groups in total. The summed E-state index contributed by atoms with van der Waals surface area (Å²) in [5.74, 6) is -0.161. The Kier molecular flexibility index (Phi) is 4.24. The number of hydrogen-bond donors (Lipinski definition) is 1. The number of amides is 2. The van der Waals surface area contributed by atoms with E-state index < -0.39 is 0 Å². The van der Waals surface area contributed by atoms with Crippen molar-refractivity contribution in [3.05, 3.63) is 0 Å². The number of carbonyl (C=O) groups is 2. The van der Waals surface area contributed by atoms with Gasteiger partial charge in [0.25, 0.3) is 5.24 Å². The van der Waals surface area contributed by atoms with Crippen LogP contribution in [0.5, 0.6) is 0 Å². The Labute approximate surface area is 81.4 Å². The predicted octanol–water partition coefficient (Wildman–Crippen LogP) is 1.15. The largest absolute Gasteiger partial charge is 0.382 e. The molecule has 0 saturated carbocycles. The van der Waals surface area contributed by atoms with Crippen LogP contribution in [0.4, 0.5) is 4.79 Å². The van der Waals surface area contributed by atoms with Crippen LogP contribution in [-0.4, -0.2) is 29.6 Å². The van der Waals surface area contributed by atoms with Gasteiger partial charge in [-0.2, -0.15) is 0 Å². The fraction of sp³-hybridized carbons (Fsp3) is 0.750. The Bertz CT molecular complexity index is 208. The van der Waals surface area contributed by atoms with Gasteiger partial charge in [0.05, 0.1) is 5.25 Å². The van der Waals surface area contributed by atoms with Crippen molar-refractivity contribution >= 4 is 22.9 Å². The zero-order valence-electron chi connectivity index (χ0n) is 7.54. The Morgan fingerprint density at radius 2 is 2.31 bits per heavy atom. The minimum Gasteiger partial charge on any atom is -0.382 e. The molecule has 74 valence electrons. The summed E-state index contributed by atoms with van der Waals surface area (Å²) in [6, 6.07) is 0. The first-order chi connectivity index (χ1) is 6.24. The molecule has 0 aromatic rings. The second kappa shape index (κ2) is 5.24. The monoisotopic (exact) mass is 203 g/mol. The van der Waals surface area contributed by atoms with E-state index >= 15 is 0 Å². The van der Waals surface area contributed by atoms with Crippen molar-refractivity contribution in [2.75, 3.05) is 13.2 Å². The molecule has 1 rings (SSSR count). The van der Waals surface area contributed by atoms with Gasteiger partial charge in [-0.1, -0.05) is 11.8 Å². The average Bonchev–Trinajstić information content (AvgIpc) is 2.39. The molecule has 1 fully saturated rings. The van der Waals surface area contributed by atoms with Crippen molar-refractivity contribution in [3.8, 4) is 0 Å². The summed E-state index contributed by atoms with van der Waals surface area (Å²) in [6.45, 7) is 3.29. The normalized spacial score (nSPS) is 22.1. The summed E-state index contributed by atoms with van der Waals surface area (Å²) in [5.41, 5.74) is 0. The van der Waals surface area contributed by atoms with Gasteiger partial charge in [-0.15, -0.1) is 0 Å². The van der Waals surface area contributed by atoms with E-state index in [1.165, 1.54) is 0 Å². The Morgan fingerprint density at radius 3 is 2.85 bits per heavy atom. The van der Waals surface area contributed by atoms with Crippen molar-refractivity contribution in [1.82, 2.24) is 5.32 Å². The second-order valence-electron chi connectivity index (χ2n) is 2.72. The molecule has 0 aromatic heterocycles. The number of hydrogen-bond acceptors (Lipinski definition) is 4. The lowest BCUT2D eigenvalue weighted by molar-refractivity contribution is -0.119. The molecule has 1 atom stereocenters. The van der Waals surface area contributed by atoms with E-state index in [1.54, 1.807) is 0 Å². The highest BCUT2D eigenvalue weighted by atomic mass is 32.2. The number of nitrogens with one attached hydrogen (secondary N) is 1. The Morgan fingerprint density at radius 1 is 1.54 bits per heavy atom. The van der Waals surface area contributed by atoms with Crippen LogP contribution < -0.4 is 5.32 Å². The smallest absolute Gasteiger partial charge is 0.286 e. The van der Waals surface area contributed by atoms with Gasteiger partial charge >= 0.3 is 0 Å². The zero-order chi connectivity index (χ0) is 9.68. The molecule has 0 bridgehead atoms. The summed E-state index contributed by atoms with van der Waals surface area (Å²) >= 11 is 1.08. The molecule has 1 unspecified atom stereocenters. The second-order valence-corrected chi connectivity index (χ2v) is 3.90. The lowest BCUT2D eigenvalue weighted by Crippen LogP contribution is -2.24. The van der Waals surface area contributed by atoms with Crippen LogP contribution in [0, 0.1) is 0 Å². The summed E-state index contributed by atoms with van der Waals surface area (Å²) in [5, 5.41) is 1.82. The first-order valence-corrected chi connectivity index (χ1v) is 5.21. The summed E-state index contributed by atoms with van der Waals surface area (Å²) < 4.78 is 5.13. The molecule has 5 heteroatoms. The van der Waals surface area contributed by atoms with Crippen LogP contribution in [0.3, 0.4) is 0 Å². The number of imide groups is 1. The highest BCUT2D eigenvalue weighted by Crippen LogP contribution is 2.22. The van der Waals surface area contributed by atoms with Crippen molar-refractivity contribution in [2.24, 2.45) is 0 Å². The van der Waals surface area contributed by atoms with Gasteiger partial charge in [-0.05, 0) is 19.8 Å². The van der Waals surface area contributed by atoms with Crippen LogP contribution in [0.1, 0.15) is 19.8 Å². The fourth-order valence-corrected chi connectivity index (χ4v) is 1.97. The third-order valence-corrected chi connectivity index (χ3v) is 2.78. The van der Waals surface area contributed by atoms with Gasteiger partial charge < -0.3 is 4.74 Å². The number of ether oxygens (including phenoxy) is 1. The molecule has 1 aliphatic rings. The van der Waals surface area contributed by atoms with Gasteiger partial charge in [0.2, 0.25) is 5.91 Å². The molecule has 0 aromatic carbocycles. The fourth-order valence-electron chi connectivity index (χ4n) is 1.10. The molecule has 2 amide bonds. The lowest BCUT2D eigenvalue weighted by atomic mass is 10.2. The van der Waals surface area contributed by atoms with Crippen molar-refractivity contribution in [1.29, 1.82) is 0 Å². The van der Waals surface area contributed by atoms with E-state index in [4.69, 9.17) is 4.74 Å². The third-order valence-electron chi connectivity index (χ3n) is 1.73. The average molecular weight is 203 g/mol.